The largest absolute Gasteiger partial charge is 0.388 e. The Kier molecular flexibility index (Phi) is 3.72. The van der Waals surface area contributed by atoms with Crippen LogP contribution in [0.3, 0.4) is 0 Å². The topological polar surface area (TPSA) is 65.1 Å². The molecule has 0 saturated heterocycles. The van der Waals surface area contributed by atoms with E-state index in [1.54, 1.807) is 0 Å². The monoisotopic (exact) mass is 286 g/mol. The molecule has 0 bridgehead atoms. The molecule has 1 saturated carbocycles. The lowest BCUT2D eigenvalue weighted by Crippen LogP contribution is -2.41. The number of aromatic nitrogens is 1. The number of fused-ring (bicyclic) bond motifs is 1. The van der Waals surface area contributed by atoms with Gasteiger partial charge in [-0.2, -0.15) is 0 Å². The van der Waals surface area contributed by atoms with E-state index in [2.05, 4.69) is 23.3 Å². The van der Waals surface area contributed by atoms with Crippen LogP contribution in [0, 0.1) is 6.92 Å². The van der Waals surface area contributed by atoms with Crippen LogP contribution in [-0.2, 0) is 11.2 Å². The van der Waals surface area contributed by atoms with Gasteiger partial charge in [0.1, 0.15) is 0 Å². The van der Waals surface area contributed by atoms with E-state index in [9.17, 15) is 9.90 Å². The number of amides is 1. The Morgan fingerprint density at radius 3 is 2.90 bits per heavy atom. The summed E-state index contributed by atoms with van der Waals surface area (Å²) in [4.78, 5) is 15.3. The first-order chi connectivity index (χ1) is 10.1. The minimum atomic E-state index is -0.689. The third-order valence-electron chi connectivity index (χ3n) is 4.50. The lowest BCUT2D eigenvalue weighted by atomic mass is 10.0. The second kappa shape index (κ2) is 5.53. The summed E-state index contributed by atoms with van der Waals surface area (Å²) in [7, 11) is 0. The van der Waals surface area contributed by atoms with Crippen molar-refractivity contribution in [2.45, 2.75) is 44.6 Å². The van der Waals surface area contributed by atoms with Gasteiger partial charge in [-0.15, -0.1) is 0 Å². The molecule has 0 radical (unpaired) electrons. The number of nitrogens with one attached hydrogen (secondary N) is 2. The Morgan fingerprint density at radius 2 is 2.14 bits per heavy atom. The summed E-state index contributed by atoms with van der Waals surface area (Å²) in [6.07, 6.45) is 5.93. The predicted molar refractivity (Wildman–Crippen MR) is 83.2 cm³/mol. The van der Waals surface area contributed by atoms with Crippen molar-refractivity contribution in [2.75, 3.05) is 6.54 Å². The lowest BCUT2D eigenvalue weighted by Gasteiger charge is -2.22. The van der Waals surface area contributed by atoms with Crippen molar-refractivity contribution in [1.82, 2.24) is 10.3 Å². The third kappa shape index (κ3) is 2.95. The van der Waals surface area contributed by atoms with Crippen molar-refractivity contribution < 1.29 is 9.90 Å². The van der Waals surface area contributed by atoms with Crippen molar-refractivity contribution in [2.24, 2.45) is 0 Å². The van der Waals surface area contributed by atoms with Gasteiger partial charge < -0.3 is 15.4 Å². The number of aromatic amines is 1. The van der Waals surface area contributed by atoms with Crippen LogP contribution >= 0.6 is 0 Å². The first-order valence-electron chi connectivity index (χ1n) is 7.62. The Balaban J connectivity index is 1.66. The zero-order chi connectivity index (χ0) is 14.9. The van der Waals surface area contributed by atoms with Gasteiger partial charge in [-0.05, 0) is 37.0 Å². The standard InChI is InChI=1S/C17H22N2O2/c1-12-5-4-6-14-16(12)13(10-18-14)9-15(20)19-11-17(21)7-2-3-8-17/h4-6,10,18,21H,2-3,7-9,11H2,1H3,(H,19,20). The van der Waals surface area contributed by atoms with Gasteiger partial charge in [-0.25, -0.2) is 0 Å². The molecule has 0 aliphatic heterocycles. The van der Waals surface area contributed by atoms with E-state index < -0.39 is 5.60 Å². The van der Waals surface area contributed by atoms with Gasteiger partial charge in [0.05, 0.1) is 12.0 Å². The van der Waals surface area contributed by atoms with E-state index in [0.29, 0.717) is 13.0 Å². The summed E-state index contributed by atoms with van der Waals surface area (Å²) < 4.78 is 0. The summed E-state index contributed by atoms with van der Waals surface area (Å²) in [6, 6.07) is 6.08. The van der Waals surface area contributed by atoms with Crippen LogP contribution in [0.2, 0.25) is 0 Å². The van der Waals surface area contributed by atoms with Gasteiger partial charge in [-0.3, -0.25) is 4.79 Å². The van der Waals surface area contributed by atoms with Crippen molar-refractivity contribution in [3.8, 4) is 0 Å². The number of aryl methyl sites for hydroxylation is 1. The molecule has 0 unspecified atom stereocenters. The molecule has 112 valence electrons. The van der Waals surface area contributed by atoms with Gasteiger partial charge in [0, 0.05) is 23.6 Å². The number of carbonyl (C=O) groups is 1. The van der Waals surface area contributed by atoms with Crippen LogP contribution < -0.4 is 5.32 Å². The molecule has 0 atom stereocenters. The highest BCUT2D eigenvalue weighted by molar-refractivity contribution is 5.91. The van der Waals surface area contributed by atoms with Crippen LogP contribution in [0.1, 0.15) is 36.8 Å². The van der Waals surface area contributed by atoms with E-state index >= 15 is 0 Å². The van der Waals surface area contributed by atoms with Gasteiger partial charge >= 0.3 is 0 Å². The molecule has 3 rings (SSSR count). The average Bonchev–Trinajstić information content (AvgIpc) is 3.05. The second-order valence-corrected chi connectivity index (χ2v) is 6.20. The fraction of sp³-hybridized carbons (Fsp3) is 0.471. The maximum atomic E-state index is 12.1. The fourth-order valence-electron chi connectivity index (χ4n) is 3.30. The minimum Gasteiger partial charge on any atom is -0.388 e. The maximum absolute atomic E-state index is 12.1. The molecular weight excluding hydrogens is 264 g/mol. The molecule has 1 heterocycles. The molecule has 1 aromatic carbocycles. The summed E-state index contributed by atoms with van der Waals surface area (Å²) in [6.45, 7) is 2.42. The zero-order valence-electron chi connectivity index (χ0n) is 12.4. The molecule has 4 nitrogen and oxygen atoms in total. The highest BCUT2D eigenvalue weighted by Gasteiger charge is 2.31. The summed E-state index contributed by atoms with van der Waals surface area (Å²) >= 11 is 0. The number of hydrogen-bond acceptors (Lipinski definition) is 2. The number of rotatable bonds is 4. The normalized spacial score (nSPS) is 17.2. The van der Waals surface area contributed by atoms with E-state index in [1.807, 2.05) is 18.3 Å². The average molecular weight is 286 g/mol. The molecule has 1 amide bonds. The molecule has 1 aliphatic rings. The molecule has 21 heavy (non-hydrogen) atoms. The van der Waals surface area contributed by atoms with Crippen LogP contribution in [0.15, 0.2) is 24.4 Å². The molecule has 4 heteroatoms. The molecule has 1 fully saturated rings. The highest BCUT2D eigenvalue weighted by Crippen LogP contribution is 2.28. The SMILES string of the molecule is Cc1cccc2[nH]cc(CC(=O)NCC3(O)CCCC3)c12. The molecule has 3 N–H and O–H groups in total. The summed E-state index contributed by atoms with van der Waals surface area (Å²) in [5, 5.41) is 14.3. The van der Waals surface area contributed by atoms with Gasteiger partial charge in [0.2, 0.25) is 5.91 Å². The zero-order valence-corrected chi connectivity index (χ0v) is 12.4. The first-order valence-corrected chi connectivity index (χ1v) is 7.62. The van der Waals surface area contributed by atoms with Crippen molar-refractivity contribution in [1.29, 1.82) is 0 Å². The van der Waals surface area contributed by atoms with Crippen LogP contribution in [0.25, 0.3) is 10.9 Å². The van der Waals surface area contributed by atoms with Crippen LogP contribution in [0.5, 0.6) is 0 Å². The smallest absolute Gasteiger partial charge is 0.224 e. The molecule has 1 aromatic heterocycles. The molecule has 1 aliphatic carbocycles. The number of hydrogen-bond donors (Lipinski definition) is 3. The van der Waals surface area contributed by atoms with Gasteiger partial charge in [0.25, 0.3) is 0 Å². The van der Waals surface area contributed by atoms with Crippen LogP contribution in [0.4, 0.5) is 0 Å². The van der Waals surface area contributed by atoms with Gasteiger partial charge in [0.15, 0.2) is 0 Å². The summed E-state index contributed by atoms with van der Waals surface area (Å²) in [5.41, 5.74) is 2.56. The Labute approximate surface area is 124 Å². The number of H-pyrrole nitrogens is 1. The van der Waals surface area contributed by atoms with E-state index in [0.717, 1.165) is 42.1 Å². The lowest BCUT2D eigenvalue weighted by molar-refractivity contribution is -0.121. The third-order valence-corrected chi connectivity index (χ3v) is 4.50. The Bertz CT molecular complexity index is 654. The van der Waals surface area contributed by atoms with E-state index in [1.165, 1.54) is 5.56 Å². The van der Waals surface area contributed by atoms with Crippen LogP contribution in [-0.4, -0.2) is 28.1 Å². The number of aliphatic hydroxyl groups is 1. The number of benzene rings is 1. The Hall–Kier alpha value is -1.81. The van der Waals surface area contributed by atoms with Crippen molar-refractivity contribution >= 4 is 16.8 Å². The second-order valence-electron chi connectivity index (χ2n) is 6.20. The first kappa shape index (κ1) is 14.1. The van der Waals surface area contributed by atoms with Gasteiger partial charge in [-0.1, -0.05) is 25.0 Å². The maximum Gasteiger partial charge on any atom is 0.224 e. The van der Waals surface area contributed by atoms with Crippen molar-refractivity contribution in [3.63, 3.8) is 0 Å². The molecule has 0 spiro atoms. The predicted octanol–water partition coefficient (Wildman–Crippen LogP) is 2.44. The summed E-state index contributed by atoms with van der Waals surface area (Å²) in [5.74, 6) is -0.0283. The quantitative estimate of drug-likeness (QED) is 0.808. The Morgan fingerprint density at radius 1 is 1.38 bits per heavy atom. The molecular formula is C17H22N2O2. The minimum absolute atomic E-state index is 0.0283. The van der Waals surface area contributed by atoms with E-state index in [4.69, 9.17) is 0 Å². The van der Waals surface area contributed by atoms with Crippen molar-refractivity contribution in [3.05, 3.63) is 35.5 Å². The number of carbonyl (C=O) groups excluding carboxylic acids is 1. The highest BCUT2D eigenvalue weighted by atomic mass is 16.3. The fourth-order valence-corrected chi connectivity index (χ4v) is 3.30. The molecule has 2 aromatic rings. The van der Waals surface area contributed by atoms with E-state index in [-0.39, 0.29) is 5.91 Å².